The molecule has 0 unspecified atom stereocenters. The van der Waals surface area contributed by atoms with Crippen LogP contribution < -0.4 is 4.31 Å². The quantitative estimate of drug-likeness (QED) is 0.591. The normalized spacial score (nSPS) is 15.8. The van der Waals surface area contributed by atoms with Gasteiger partial charge < -0.3 is 0 Å². The molecular formula is C8H8N2S. The number of hydrogen-bond acceptors (Lipinski definition) is 3. The minimum Gasteiger partial charge on any atom is -0.291 e. The maximum Gasteiger partial charge on any atom is 0.121 e. The summed E-state index contributed by atoms with van der Waals surface area (Å²) in [4.78, 5) is 4.11. The van der Waals surface area contributed by atoms with E-state index in [9.17, 15) is 0 Å². The summed E-state index contributed by atoms with van der Waals surface area (Å²) in [5.41, 5.74) is 3.09. The number of para-hydroxylation sites is 1. The van der Waals surface area contributed by atoms with Gasteiger partial charge in [-0.25, -0.2) is 0 Å². The molecule has 0 aromatic heterocycles. The highest BCUT2D eigenvalue weighted by molar-refractivity contribution is 8.13. The van der Waals surface area contributed by atoms with E-state index in [1.165, 1.54) is 5.69 Å². The standard InChI is InChI=1S/C8H8N2S/c1-2-4-8(5-3-1)10-6-9-7-11-10/h1-5,7H,6H2. The van der Waals surface area contributed by atoms with E-state index in [2.05, 4.69) is 21.4 Å². The first-order valence-electron chi connectivity index (χ1n) is 3.44. The minimum atomic E-state index is 0.773. The zero-order valence-corrected chi connectivity index (χ0v) is 6.79. The van der Waals surface area contributed by atoms with Crippen LogP contribution in [0.25, 0.3) is 0 Å². The molecule has 11 heavy (non-hydrogen) atoms. The van der Waals surface area contributed by atoms with E-state index in [1.807, 2.05) is 23.7 Å². The molecule has 0 aliphatic carbocycles. The highest BCUT2D eigenvalue weighted by Gasteiger charge is 2.07. The summed E-state index contributed by atoms with van der Waals surface area (Å²) < 4.78 is 2.14. The summed E-state index contributed by atoms with van der Waals surface area (Å²) in [7, 11) is 0. The Labute approximate surface area is 70.1 Å². The van der Waals surface area contributed by atoms with Crippen LogP contribution >= 0.6 is 11.9 Å². The van der Waals surface area contributed by atoms with Crippen molar-refractivity contribution in [2.45, 2.75) is 0 Å². The fourth-order valence-corrected chi connectivity index (χ4v) is 1.59. The molecule has 3 heteroatoms. The van der Waals surface area contributed by atoms with Crippen LogP contribution in [0.1, 0.15) is 0 Å². The molecule has 0 bridgehead atoms. The van der Waals surface area contributed by atoms with E-state index in [1.54, 1.807) is 11.9 Å². The third-order valence-corrected chi connectivity index (χ3v) is 2.33. The number of anilines is 1. The average molecular weight is 164 g/mol. The lowest BCUT2D eigenvalue weighted by atomic mass is 10.3. The Hall–Kier alpha value is -0.960. The number of nitrogens with zero attached hydrogens (tertiary/aromatic N) is 2. The fraction of sp³-hybridized carbons (Fsp3) is 0.125. The predicted molar refractivity (Wildman–Crippen MR) is 49.9 cm³/mol. The topological polar surface area (TPSA) is 15.6 Å². The largest absolute Gasteiger partial charge is 0.291 e. The van der Waals surface area contributed by atoms with Crippen LogP contribution in [0.3, 0.4) is 0 Å². The van der Waals surface area contributed by atoms with Gasteiger partial charge in [-0.2, -0.15) is 0 Å². The van der Waals surface area contributed by atoms with Gasteiger partial charge in [-0.1, -0.05) is 18.2 Å². The van der Waals surface area contributed by atoms with Gasteiger partial charge in [0, 0.05) is 17.6 Å². The van der Waals surface area contributed by atoms with Crippen LogP contribution in [-0.4, -0.2) is 12.2 Å². The van der Waals surface area contributed by atoms with Crippen molar-refractivity contribution in [3.05, 3.63) is 30.3 Å². The maximum absolute atomic E-state index is 4.11. The van der Waals surface area contributed by atoms with Gasteiger partial charge in [-0.3, -0.25) is 9.30 Å². The molecule has 0 radical (unpaired) electrons. The van der Waals surface area contributed by atoms with Crippen molar-refractivity contribution < 1.29 is 0 Å². The fourth-order valence-electron chi connectivity index (χ4n) is 0.968. The molecule has 0 N–H and O–H groups in total. The van der Waals surface area contributed by atoms with Crippen LogP contribution in [0.4, 0.5) is 5.69 Å². The Morgan fingerprint density at radius 1 is 1.27 bits per heavy atom. The number of hydrogen-bond donors (Lipinski definition) is 0. The highest BCUT2D eigenvalue weighted by Crippen LogP contribution is 2.23. The lowest BCUT2D eigenvalue weighted by molar-refractivity contribution is 1.09. The monoisotopic (exact) mass is 164 g/mol. The van der Waals surface area contributed by atoms with Crippen molar-refractivity contribution in [3.8, 4) is 0 Å². The summed E-state index contributed by atoms with van der Waals surface area (Å²) in [6.07, 6.45) is 0. The first-order chi connectivity index (χ1) is 5.47. The van der Waals surface area contributed by atoms with Crippen LogP contribution in [-0.2, 0) is 0 Å². The van der Waals surface area contributed by atoms with Crippen LogP contribution in [0.2, 0.25) is 0 Å². The van der Waals surface area contributed by atoms with Crippen LogP contribution in [0.5, 0.6) is 0 Å². The van der Waals surface area contributed by atoms with Crippen molar-refractivity contribution in [2.24, 2.45) is 4.99 Å². The van der Waals surface area contributed by atoms with E-state index in [0.29, 0.717) is 0 Å². The second-order valence-electron chi connectivity index (χ2n) is 2.25. The van der Waals surface area contributed by atoms with E-state index in [0.717, 1.165) is 6.67 Å². The Morgan fingerprint density at radius 3 is 2.73 bits per heavy atom. The zero-order valence-electron chi connectivity index (χ0n) is 5.97. The van der Waals surface area contributed by atoms with Crippen molar-refractivity contribution >= 4 is 23.2 Å². The van der Waals surface area contributed by atoms with Gasteiger partial charge in [0.2, 0.25) is 0 Å². The second kappa shape index (κ2) is 2.96. The van der Waals surface area contributed by atoms with Gasteiger partial charge in [-0.15, -0.1) is 0 Å². The lowest BCUT2D eigenvalue weighted by Gasteiger charge is -2.13. The predicted octanol–water partition coefficient (Wildman–Crippen LogP) is 2.14. The van der Waals surface area contributed by atoms with Gasteiger partial charge in [0.15, 0.2) is 0 Å². The van der Waals surface area contributed by atoms with E-state index >= 15 is 0 Å². The van der Waals surface area contributed by atoms with E-state index in [4.69, 9.17) is 0 Å². The van der Waals surface area contributed by atoms with E-state index < -0.39 is 0 Å². The molecule has 0 amide bonds. The average Bonchev–Trinajstić information content (AvgIpc) is 2.58. The molecular weight excluding hydrogens is 156 g/mol. The smallest absolute Gasteiger partial charge is 0.121 e. The molecule has 2 rings (SSSR count). The summed E-state index contributed by atoms with van der Waals surface area (Å²) in [6, 6.07) is 10.3. The molecule has 1 heterocycles. The van der Waals surface area contributed by atoms with Crippen molar-refractivity contribution in [3.63, 3.8) is 0 Å². The molecule has 0 saturated heterocycles. The van der Waals surface area contributed by atoms with Crippen molar-refractivity contribution in [1.29, 1.82) is 0 Å². The minimum absolute atomic E-state index is 0.773. The summed E-state index contributed by atoms with van der Waals surface area (Å²) in [6.45, 7) is 0.773. The first kappa shape index (κ1) is 6.73. The summed E-state index contributed by atoms with van der Waals surface area (Å²) >= 11 is 1.64. The zero-order chi connectivity index (χ0) is 7.52. The van der Waals surface area contributed by atoms with E-state index in [-0.39, 0.29) is 0 Å². The molecule has 0 saturated carbocycles. The summed E-state index contributed by atoms with van der Waals surface area (Å²) in [5, 5.41) is 0. The van der Waals surface area contributed by atoms with Gasteiger partial charge >= 0.3 is 0 Å². The van der Waals surface area contributed by atoms with Crippen molar-refractivity contribution in [2.75, 3.05) is 11.0 Å². The lowest BCUT2D eigenvalue weighted by Crippen LogP contribution is -2.08. The molecule has 2 nitrogen and oxygen atoms in total. The molecule has 56 valence electrons. The Balaban J connectivity index is 2.17. The summed E-state index contributed by atoms with van der Waals surface area (Å²) in [5.74, 6) is 0. The van der Waals surface area contributed by atoms with Gasteiger partial charge in [0.05, 0.1) is 5.55 Å². The van der Waals surface area contributed by atoms with Gasteiger partial charge in [0.1, 0.15) is 6.67 Å². The molecule has 1 aliphatic heterocycles. The molecule has 1 aliphatic rings. The highest BCUT2D eigenvalue weighted by atomic mass is 32.2. The third-order valence-electron chi connectivity index (χ3n) is 1.50. The number of aliphatic imine (C=N–C) groups is 1. The van der Waals surface area contributed by atoms with Crippen LogP contribution in [0.15, 0.2) is 35.3 Å². The number of benzene rings is 1. The molecule has 0 fully saturated rings. The molecule has 0 spiro atoms. The molecule has 0 atom stereocenters. The molecule has 1 aromatic rings. The van der Waals surface area contributed by atoms with Crippen LogP contribution in [0, 0.1) is 0 Å². The molecule has 1 aromatic carbocycles. The maximum atomic E-state index is 4.11. The Kier molecular flexibility index (Phi) is 1.81. The Morgan fingerprint density at radius 2 is 2.09 bits per heavy atom. The van der Waals surface area contributed by atoms with Gasteiger partial charge in [-0.05, 0) is 12.1 Å². The van der Waals surface area contributed by atoms with Crippen molar-refractivity contribution in [1.82, 2.24) is 0 Å². The third kappa shape index (κ3) is 1.38. The Bertz CT molecular complexity index is 250. The second-order valence-corrected chi connectivity index (χ2v) is 3.11. The SMILES string of the molecule is C1=NCN(c2ccccc2)S1. The van der Waals surface area contributed by atoms with Gasteiger partial charge in [0.25, 0.3) is 0 Å². The first-order valence-corrected chi connectivity index (χ1v) is 4.28. The number of rotatable bonds is 1.